The van der Waals surface area contributed by atoms with E-state index in [4.69, 9.17) is 4.42 Å². The van der Waals surface area contributed by atoms with E-state index in [1.807, 2.05) is 0 Å². The van der Waals surface area contributed by atoms with E-state index in [1.54, 1.807) is 0 Å². The molecule has 106 valence electrons. The predicted octanol–water partition coefficient (Wildman–Crippen LogP) is 2.70. The molecule has 1 heterocycles. The van der Waals surface area contributed by atoms with Crippen molar-refractivity contribution in [1.29, 1.82) is 0 Å². The van der Waals surface area contributed by atoms with Gasteiger partial charge in [-0.2, -0.15) is 0 Å². The molecule has 2 fully saturated rings. The van der Waals surface area contributed by atoms with E-state index in [2.05, 4.69) is 27.8 Å². The van der Waals surface area contributed by atoms with E-state index in [1.165, 1.54) is 44.9 Å². The fraction of sp³-hybridized carbons (Fsp3) is 0.857. The Kier molecular flexibility index (Phi) is 4.01. The van der Waals surface area contributed by atoms with Crippen molar-refractivity contribution >= 4 is 6.01 Å². The molecule has 3 rings (SSSR count). The molecule has 2 unspecified atom stereocenters. The second-order valence-electron chi connectivity index (χ2n) is 5.86. The van der Waals surface area contributed by atoms with Crippen molar-refractivity contribution in [2.45, 2.75) is 70.5 Å². The minimum absolute atomic E-state index is 0.503. The van der Waals surface area contributed by atoms with Crippen LogP contribution in [-0.2, 0) is 6.54 Å². The monoisotopic (exact) mass is 264 g/mol. The lowest BCUT2D eigenvalue weighted by Crippen LogP contribution is -2.31. The zero-order chi connectivity index (χ0) is 13.1. The van der Waals surface area contributed by atoms with Crippen LogP contribution in [-0.4, -0.2) is 22.3 Å². The van der Waals surface area contributed by atoms with E-state index in [-0.39, 0.29) is 0 Å². The number of nitrogens with zero attached hydrogens (tertiary/aromatic N) is 2. The molecule has 2 aliphatic carbocycles. The lowest BCUT2D eigenvalue weighted by Gasteiger charge is -2.30. The van der Waals surface area contributed by atoms with Gasteiger partial charge in [-0.15, -0.1) is 5.10 Å². The summed E-state index contributed by atoms with van der Waals surface area (Å²) >= 11 is 0. The van der Waals surface area contributed by atoms with Crippen molar-refractivity contribution in [2.24, 2.45) is 5.92 Å². The number of hydrogen-bond acceptors (Lipinski definition) is 5. The summed E-state index contributed by atoms with van der Waals surface area (Å²) in [5.74, 6) is 1.44. The smallest absolute Gasteiger partial charge is 0.315 e. The number of nitrogens with one attached hydrogen (secondary N) is 2. The molecular formula is C14H24N4O. The minimum atomic E-state index is 0.503. The van der Waals surface area contributed by atoms with Gasteiger partial charge >= 0.3 is 6.01 Å². The van der Waals surface area contributed by atoms with Gasteiger partial charge in [0.2, 0.25) is 5.89 Å². The van der Waals surface area contributed by atoms with Crippen LogP contribution in [0.2, 0.25) is 0 Å². The molecule has 0 saturated heterocycles. The van der Waals surface area contributed by atoms with Gasteiger partial charge in [-0.1, -0.05) is 31.3 Å². The summed E-state index contributed by atoms with van der Waals surface area (Å²) < 4.78 is 5.66. The summed E-state index contributed by atoms with van der Waals surface area (Å²) in [4.78, 5) is 0. The standard InChI is InChI=1S/C14H24N4O/c1-2-10-5-3-4-6-12(10)16-14-18-17-13(19-14)9-15-11-7-8-11/h10-12,15H,2-9H2,1H3,(H,16,18). The summed E-state index contributed by atoms with van der Waals surface area (Å²) in [5.41, 5.74) is 0. The third-order valence-electron chi connectivity index (χ3n) is 4.33. The quantitative estimate of drug-likeness (QED) is 0.827. The van der Waals surface area contributed by atoms with Crippen molar-refractivity contribution < 1.29 is 4.42 Å². The molecule has 0 radical (unpaired) electrons. The summed E-state index contributed by atoms with van der Waals surface area (Å²) in [5, 5.41) is 15.0. The average Bonchev–Trinajstić information content (AvgIpc) is 3.17. The van der Waals surface area contributed by atoms with Crippen LogP contribution >= 0.6 is 0 Å². The van der Waals surface area contributed by atoms with Crippen molar-refractivity contribution in [3.05, 3.63) is 5.89 Å². The Morgan fingerprint density at radius 1 is 1.16 bits per heavy atom. The molecule has 0 bridgehead atoms. The second-order valence-corrected chi connectivity index (χ2v) is 5.86. The number of anilines is 1. The zero-order valence-electron chi connectivity index (χ0n) is 11.7. The topological polar surface area (TPSA) is 63.0 Å². The first-order valence-corrected chi connectivity index (χ1v) is 7.67. The Bertz CT molecular complexity index is 402. The Labute approximate surface area is 114 Å². The van der Waals surface area contributed by atoms with Gasteiger partial charge in [0.05, 0.1) is 6.54 Å². The van der Waals surface area contributed by atoms with E-state index in [0.717, 1.165) is 5.92 Å². The second kappa shape index (κ2) is 5.90. The first kappa shape index (κ1) is 12.9. The van der Waals surface area contributed by atoms with Crippen LogP contribution in [0.4, 0.5) is 6.01 Å². The van der Waals surface area contributed by atoms with Gasteiger partial charge in [0, 0.05) is 12.1 Å². The van der Waals surface area contributed by atoms with Gasteiger partial charge in [0.25, 0.3) is 0 Å². The van der Waals surface area contributed by atoms with Crippen molar-refractivity contribution in [2.75, 3.05) is 5.32 Å². The molecule has 0 aromatic carbocycles. The number of rotatable bonds is 6. The van der Waals surface area contributed by atoms with Gasteiger partial charge in [0.15, 0.2) is 0 Å². The molecule has 0 aliphatic heterocycles. The Hall–Kier alpha value is -1.10. The third kappa shape index (κ3) is 3.47. The largest absolute Gasteiger partial charge is 0.407 e. The molecule has 2 N–H and O–H groups in total. The molecule has 2 atom stereocenters. The van der Waals surface area contributed by atoms with Gasteiger partial charge in [-0.05, 0) is 31.6 Å². The maximum absolute atomic E-state index is 5.66. The molecule has 1 aromatic rings. The normalized spacial score (nSPS) is 27.4. The van der Waals surface area contributed by atoms with E-state index in [0.29, 0.717) is 30.5 Å². The molecule has 19 heavy (non-hydrogen) atoms. The first-order chi connectivity index (χ1) is 9.35. The molecule has 0 amide bonds. The molecule has 0 spiro atoms. The van der Waals surface area contributed by atoms with Crippen LogP contribution < -0.4 is 10.6 Å². The van der Waals surface area contributed by atoms with Crippen LogP contribution in [0.3, 0.4) is 0 Å². The van der Waals surface area contributed by atoms with Crippen molar-refractivity contribution in [3.8, 4) is 0 Å². The zero-order valence-corrected chi connectivity index (χ0v) is 11.7. The SMILES string of the molecule is CCC1CCCCC1Nc1nnc(CNC2CC2)o1. The van der Waals surface area contributed by atoms with Crippen molar-refractivity contribution in [3.63, 3.8) is 0 Å². The van der Waals surface area contributed by atoms with Gasteiger partial charge < -0.3 is 15.1 Å². The van der Waals surface area contributed by atoms with E-state index >= 15 is 0 Å². The van der Waals surface area contributed by atoms with Gasteiger partial charge in [-0.3, -0.25) is 0 Å². The number of hydrogen-bond donors (Lipinski definition) is 2. The van der Waals surface area contributed by atoms with E-state index in [9.17, 15) is 0 Å². The van der Waals surface area contributed by atoms with Crippen molar-refractivity contribution in [1.82, 2.24) is 15.5 Å². The summed E-state index contributed by atoms with van der Waals surface area (Å²) in [7, 11) is 0. The van der Waals surface area contributed by atoms with Crippen LogP contribution in [0.15, 0.2) is 4.42 Å². The summed E-state index contributed by atoms with van der Waals surface area (Å²) in [6.45, 7) is 2.96. The third-order valence-corrected chi connectivity index (χ3v) is 4.33. The lowest BCUT2D eigenvalue weighted by atomic mass is 9.83. The highest BCUT2D eigenvalue weighted by Crippen LogP contribution is 2.29. The highest BCUT2D eigenvalue weighted by Gasteiger charge is 2.25. The van der Waals surface area contributed by atoms with Gasteiger partial charge in [0.1, 0.15) is 0 Å². The Balaban J connectivity index is 1.52. The maximum Gasteiger partial charge on any atom is 0.315 e. The lowest BCUT2D eigenvalue weighted by molar-refractivity contribution is 0.311. The molecule has 5 nitrogen and oxygen atoms in total. The fourth-order valence-electron chi connectivity index (χ4n) is 2.95. The molecule has 5 heteroatoms. The average molecular weight is 264 g/mol. The minimum Gasteiger partial charge on any atom is -0.407 e. The van der Waals surface area contributed by atoms with Crippen LogP contribution in [0.25, 0.3) is 0 Å². The number of aromatic nitrogens is 2. The Morgan fingerprint density at radius 3 is 2.79 bits per heavy atom. The maximum atomic E-state index is 5.66. The van der Waals surface area contributed by atoms with Crippen LogP contribution in [0.5, 0.6) is 0 Å². The fourth-order valence-corrected chi connectivity index (χ4v) is 2.95. The molecule has 2 saturated carbocycles. The predicted molar refractivity (Wildman–Crippen MR) is 73.8 cm³/mol. The highest BCUT2D eigenvalue weighted by molar-refractivity contribution is 5.20. The van der Waals surface area contributed by atoms with Gasteiger partial charge in [-0.25, -0.2) is 0 Å². The summed E-state index contributed by atoms with van der Waals surface area (Å²) in [6.07, 6.45) is 8.98. The van der Waals surface area contributed by atoms with Crippen LogP contribution in [0, 0.1) is 5.92 Å². The highest BCUT2D eigenvalue weighted by atomic mass is 16.4. The first-order valence-electron chi connectivity index (χ1n) is 7.67. The summed E-state index contributed by atoms with van der Waals surface area (Å²) in [6, 6.07) is 1.77. The molecule has 2 aliphatic rings. The molecule has 1 aromatic heterocycles. The molecular weight excluding hydrogens is 240 g/mol. The van der Waals surface area contributed by atoms with Crippen LogP contribution in [0.1, 0.15) is 57.8 Å². The Morgan fingerprint density at radius 2 is 2.00 bits per heavy atom. The van der Waals surface area contributed by atoms with E-state index < -0.39 is 0 Å².